The van der Waals surface area contributed by atoms with Crippen LogP contribution in [-0.4, -0.2) is 24.5 Å². The lowest BCUT2D eigenvalue weighted by Crippen LogP contribution is -2.32. The van der Waals surface area contributed by atoms with Gasteiger partial charge in [-0.2, -0.15) is 0 Å². The van der Waals surface area contributed by atoms with Crippen LogP contribution in [0.3, 0.4) is 0 Å². The van der Waals surface area contributed by atoms with Crippen LogP contribution in [0, 0.1) is 12.8 Å². The monoisotopic (exact) mass is 286 g/mol. The van der Waals surface area contributed by atoms with Crippen LogP contribution in [0.5, 0.6) is 0 Å². The second-order valence-electron chi connectivity index (χ2n) is 6.26. The molecule has 2 unspecified atom stereocenters. The Kier molecular flexibility index (Phi) is 4.32. The maximum absolute atomic E-state index is 6.14. The number of para-hydroxylation sites is 1. The topological polar surface area (TPSA) is 42.4 Å². The molecule has 1 aliphatic rings. The van der Waals surface area contributed by atoms with E-state index in [1.807, 2.05) is 12.1 Å². The third-order valence-corrected chi connectivity index (χ3v) is 4.83. The van der Waals surface area contributed by atoms with Crippen LogP contribution in [-0.2, 0) is 0 Å². The third kappa shape index (κ3) is 2.72. The molecule has 0 saturated carbocycles. The van der Waals surface area contributed by atoms with E-state index in [2.05, 4.69) is 30.9 Å². The summed E-state index contributed by atoms with van der Waals surface area (Å²) in [6.07, 6.45) is 3.91. The molecule has 1 aromatic carbocycles. The van der Waals surface area contributed by atoms with Gasteiger partial charge in [-0.25, -0.2) is 0 Å². The van der Waals surface area contributed by atoms with Gasteiger partial charge in [-0.3, -0.25) is 4.90 Å². The summed E-state index contributed by atoms with van der Waals surface area (Å²) in [6.45, 7) is 7.33. The summed E-state index contributed by atoms with van der Waals surface area (Å²) in [5, 5.41) is 1.23. The Morgan fingerprint density at radius 3 is 2.95 bits per heavy atom. The summed E-state index contributed by atoms with van der Waals surface area (Å²) in [6, 6.07) is 8.60. The number of rotatable bonds is 5. The second-order valence-corrected chi connectivity index (χ2v) is 6.26. The Morgan fingerprint density at radius 1 is 1.38 bits per heavy atom. The lowest BCUT2D eigenvalue weighted by atomic mass is 10.0. The van der Waals surface area contributed by atoms with E-state index in [0.717, 1.165) is 23.8 Å². The first-order valence-corrected chi connectivity index (χ1v) is 8.16. The molecule has 2 aromatic rings. The first-order chi connectivity index (χ1) is 10.2. The SMILES string of the molecule is CCCC1CCN(C(CN)c2c(C)oc3ccccc23)C1. The van der Waals surface area contributed by atoms with Crippen LogP contribution in [0.4, 0.5) is 0 Å². The maximum Gasteiger partial charge on any atom is 0.134 e. The molecular formula is C18H26N2O. The third-order valence-electron chi connectivity index (χ3n) is 4.83. The minimum atomic E-state index is 0.288. The predicted molar refractivity (Wildman–Crippen MR) is 87.3 cm³/mol. The summed E-state index contributed by atoms with van der Waals surface area (Å²) in [5.41, 5.74) is 8.42. The van der Waals surface area contributed by atoms with Crippen molar-refractivity contribution < 1.29 is 4.42 Å². The highest BCUT2D eigenvalue weighted by Crippen LogP contribution is 2.36. The van der Waals surface area contributed by atoms with E-state index in [-0.39, 0.29) is 6.04 Å². The minimum Gasteiger partial charge on any atom is -0.461 e. The molecule has 0 amide bonds. The lowest BCUT2D eigenvalue weighted by molar-refractivity contribution is 0.238. The van der Waals surface area contributed by atoms with E-state index >= 15 is 0 Å². The predicted octanol–water partition coefficient (Wildman–Crippen LogP) is 3.86. The molecule has 21 heavy (non-hydrogen) atoms. The number of aryl methyl sites for hydroxylation is 1. The fourth-order valence-corrected chi connectivity index (χ4v) is 3.84. The van der Waals surface area contributed by atoms with Crippen molar-refractivity contribution in [2.75, 3.05) is 19.6 Å². The highest BCUT2D eigenvalue weighted by atomic mass is 16.3. The normalized spacial score (nSPS) is 21.2. The lowest BCUT2D eigenvalue weighted by Gasteiger charge is -2.27. The molecule has 114 valence electrons. The molecule has 3 rings (SSSR count). The molecule has 0 aliphatic carbocycles. The van der Waals surface area contributed by atoms with Crippen LogP contribution >= 0.6 is 0 Å². The molecule has 0 bridgehead atoms. The van der Waals surface area contributed by atoms with Gasteiger partial charge in [0.25, 0.3) is 0 Å². The van der Waals surface area contributed by atoms with Gasteiger partial charge < -0.3 is 10.2 Å². The molecule has 2 N–H and O–H groups in total. The number of hydrogen-bond acceptors (Lipinski definition) is 3. The molecular weight excluding hydrogens is 260 g/mol. The van der Waals surface area contributed by atoms with Gasteiger partial charge in [-0.1, -0.05) is 31.5 Å². The summed E-state index contributed by atoms with van der Waals surface area (Å²) in [7, 11) is 0. The van der Waals surface area contributed by atoms with Crippen molar-refractivity contribution in [1.82, 2.24) is 4.90 Å². The van der Waals surface area contributed by atoms with Crippen molar-refractivity contribution in [2.45, 2.75) is 39.2 Å². The Hall–Kier alpha value is -1.32. The van der Waals surface area contributed by atoms with E-state index in [1.54, 1.807) is 0 Å². The Bertz CT molecular complexity index is 604. The van der Waals surface area contributed by atoms with Crippen molar-refractivity contribution in [3.8, 4) is 0 Å². The summed E-state index contributed by atoms with van der Waals surface area (Å²) < 4.78 is 5.93. The molecule has 0 spiro atoms. The molecule has 1 aliphatic heterocycles. The summed E-state index contributed by atoms with van der Waals surface area (Å²) >= 11 is 0. The standard InChI is InChI=1S/C18H26N2O/c1-3-6-14-9-10-20(12-14)16(11-19)18-13(2)21-17-8-5-4-7-15(17)18/h4-5,7-8,14,16H,3,6,9-12,19H2,1-2H3. The zero-order valence-corrected chi connectivity index (χ0v) is 13.1. The first-order valence-electron chi connectivity index (χ1n) is 8.16. The fourth-order valence-electron chi connectivity index (χ4n) is 3.84. The van der Waals surface area contributed by atoms with E-state index in [9.17, 15) is 0 Å². The van der Waals surface area contributed by atoms with Crippen molar-refractivity contribution in [1.29, 1.82) is 0 Å². The number of nitrogens with zero attached hydrogens (tertiary/aromatic N) is 1. The number of furan rings is 1. The second kappa shape index (κ2) is 6.20. The van der Waals surface area contributed by atoms with Gasteiger partial charge in [-0.15, -0.1) is 0 Å². The number of benzene rings is 1. The molecule has 3 heteroatoms. The Balaban J connectivity index is 1.90. The van der Waals surface area contributed by atoms with E-state index in [1.165, 1.54) is 36.8 Å². The van der Waals surface area contributed by atoms with E-state index in [0.29, 0.717) is 6.54 Å². The minimum absolute atomic E-state index is 0.288. The van der Waals surface area contributed by atoms with Gasteiger partial charge in [0.05, 0.1) is 6.04 Å². The molecule has 1 saturated heterocycles. The van der Waals surface area contributed by atoms with Crippen molar-refractivity contribution in [3.05, 3.63) is 35.6 Å². The molecule has 2 heterocycles. The van der Waals surface area contributed by atoms with Gasteiger partial charge >= 0.3 is 0 Å². The van der Waals surface area contributed by atoms with Gasteiger partial charge in [-0.05, 0) is 38.3 Å². The van der Waals surface area contributed by atoms with Crippen molar-refractivity contribution in [3.63, 3.8) is 0 Å². The van der Waals surface area contributed by atoms with Gasteiger partial charge in [0.2, 0.25) is 0 Å². The smallest absolute Gasteiger partial charge is 0.134 e. The summed E-state index contributed by atoms with van der Waals surface area (Å²) in [5.74, 6) is 1.85. The zero-order valence-electron chi connectivity index (χ0n) is 13.1. The van der Waals surface area contributed by atoms with Gasteiger partial charge in [0, 0.05) is 24.0 Å². The van der Waals surface area contributed by atoms with Crippen LogP contribution < -0.4 is 5.73 Å². The number of hydrogen-bond donors (Lipinski definition) is 1. The van der Waals surface area contributed by atoms with Crippen LogP contribution in [0.2, 0.25) is 0 Å². The van der Waals surface area contributed by atoms with Crippen LogP contribution in [0.1, 0.15) is 43.6 Å². The largest absolute Gasteiger partial charge is 0.461 e. The van der Waals surface area contributed by atoms with E-state index in [4.69, 9.17) is 10.2 Å². The van der Waals surface area contributed by atoms with Crippen LogP contribution in [0.15, 0.2) is 28.7 Å². The van der Waals surface area contributed by atoms with Crippen LogP contribution in [0.25, 0.3) is 11.0 Å². The van der Waals surface area contributed by atoms with Crippen molar-refractivity contribution >= 4 is 11.0 Å². The molecule has 0 radical (unpaired) electrons. The molecule has 2 atom stereocenters. The molecule has 1 aromatic heterocycles. The molecule has 1 fully saturated rings. The maximum atomic E-state index is 6.14. The average Bonchev–Trinajstić information content (AvgIpc) is 3.06. The Labute approximate surface area is 127 Å². The zero-order chi connectivity index (χ0) is 14.8. The van der Waals surface area contributed by atoms with E-state index < -0.39 is 0 Å². The number of fused-ring (bicyclic) bond motifs is 1. The highest BCUT2D eigenvalue weighted by Gasteiger charge is 2.30. The highest BCUT2D eigenvalue weighted by molar-refractivity contribution is 5.82. The van der Waals surface area contributed by atoms with Gasteiger partial charge in [0.15, 0.2) is 0 Å². The fraction of sp³-hybridized carbons (Fsp3) is 0.556. The average molecular weight is 286 g/mol. The number of nitrogens with two attached hydrogens (primary N) is 1. The summed E-state index contributed by atoms with van der Waals surface area (Å²) in [4.78, 5) is 2.56. The molecule has 3 nitrogen and oxygen atoms in total. The van der Waals surface area contributed by atoms with Gasteiger partial charge in [0.1, 0.15) is 11.3 Å². The van der Waals surface area contributed by atoms with Crippen molar-refractivity contribution in [2.24, 2.45) is 11.7 Å². The quantitative estimate of drug-likeness (QED) is 0.907. The number of likely N-dealkylation sites (tertiary alicyclic amines) is 1. The first kappa shape index (κ1) is 14.6. The Morgan fingerprint density at radius 2 is 2.19 bits per heavy atom.